The van der Waals surface area contributed by atoms with Crippen LogP contribution in [-0.2, 0) is 5.33 Å². The van der Waals surface area contributed by atoms with Crippen LogP contribution >= 0.6 is 15.9 Å². The summed E-state index contributed by atoms with van der Waals surface area (Å²) in [5.74, 6) is 1.34. The minimum absolute atomic E-state index is 0.123. The van der Waals surface area contributed by atoms with Gasteiger partial charge in [-0.15, -0.1) is 0 Å². The van der Waals surface area contributed by atoms with Gasteiger partial charge in [0.25, 0.3) is 0 Å². The van der Waals surface area contributed by atoms with E-state index in [0.29, 0.717) is 16.8 Å². The van der Waals surface area contributed by atoms with Crippen LogP contribution in [-0.4, -0.2) is 13.6 Å². The van der Waals surface area contributed by atoms with E-state index in [1.54, 1.807) is 11.9 Å². The molecule has 3 atom stereocenters. The Morgan fingerprint density at radius 1 is 1.20 bits per heavy atom. The van der Waals surface area contributed by atoms with Crippen molar-refractivity contribution in [3.05, 3.63) is 29.3 Å². The van der Waals surface area contributed by atoms with Crippen molar-refractivity contribution in [3.8, 4) is 0 Å². The average molecular weight is 344 g/mol. The highest BCUT2D eigenvalue weighted by molar-refractivity contribution is 9.08. The highest BCUT2D eigenvalue weighted by Gasteiger charge is 2.40. The van der Waals surface area contributed by atoms with Gasteiger partial charge >= 0.3 is 0 Å². The van der Waals surface area contributed by atoms with Crippen LogP contribution in [0.5, 0.6) is 0 Å². The molecule has 1 aromatic rings. The van der Waals surface area contributed by atoms with E-state index < -0.39 is 11.6 Å². The first kappa shape index (κ1) is 14.3. The van der Waals surface area contributed by atoms with Gasteiger partial charge in [0.1, 0.15) is 17.3 Å². The molecule has 4 heteroatoms. The maximum atomic E-state index is 14.1. The Balaban J connectivity index is 1.75. The Morgan fingerprint density at radius 2 is 1.90 bits per heavy atom. The number of fused-ring (bicyclic) bond motifs is 2. The third-order valence-electron chi connectivity index (χ3n) is 5.01. The van der Waals surface area contributed by atoms with E-state index in [4.69, 9.17) is 0 Å². The first-order valence-corrected chi connectivity index (χ1v) is 8.45. The van der Waals surface area contributed by atoms with Crippen LogP contribution in [0.3, 0.4) is 0 Å². The van der Waals surface area contributed by atoms with Crippen molar-refractivity contribution in [2.45, 2.75) is 31.0 Å². The van der Waals surface area contributed by atoms with Crippen LogP contribution in [0.15, 0.2) is 12.1 Å². The molecule has 2 bridgehead atoms. The standard InChI is InChI=1S/C16H20BrF2N/c1-20(9-13-5-10-2-3-12(13)4-10)16-14(18)6-11(8-17)7-15(16)19/h6-7,10,12-13H,2-5,8-9H2,1H3. The van der Waals surface area contributed by atoms with E-state index in [0.717, 1.165) is 18.4 Å². The van der Waals surface area contributed by atoms with Crippen LogP contribution in [0.1, 0.15) is 31.2 Å². The number of alkyl halides is 1. The van der Waals surface area contributed by atoms with Gasteiger partial charge in [-0.2, -0.15) is 0 Å². The number of halogens is 3. The van der Waals surface area contributed by atoms with Crippen molar-refractivity contribution < 1.29 is 8.78 Å². The minimum atomic E-state index is -0.454. The van der Waals surface area contributed by atoms with Crippen molar-refractivity contribution in [2.75, 3.05) is 18.5 Å². The largest absolute Gasteiger partial charge is 0.370 e. The second-order valence-electron chi connectivity index (χ2n) is 6.36. The summed E-state index contributed by atoms with van der Waals surface area (Å²) in [7, 11) is 1.81. The molecule has 110 valence electrons. The summed E-state index contributed by atoms with van der Waals surface area (Å²) in [5, 5.41) is 0.469. The number of nitrogens with zero attached hydrogens (tertiary/aromatic N) is 1. The van der Waals surface area contributed by atoms with Gasteiger partial charge in [0.05, 0.1) is 0 Å². The van der Waals surface area contributed by atoms with E-state index in [1.807, 2.05) is 0 Å². The van der Waals surface area contributed by atoms with E-state index in [9.17, 15) is 8.78 Å². The molecule has 1 aromatic carbocycles. The summed E-state index contributed by atoms with van der Waals surface area (Å²) in [6.45, 7) is 0.767. The van der Waals surface area contributed by atoms with Crippen LogP contribution < -0.4 is 4.90 Å². The maximum Gasteiger partial charge on any atom is 0.149 e. The van der Waals surface area contributed by atoms with Crippen LogP contribution in [0.4, 0.5) is 14.5 Å². The van der Waals surface area contributed by atoms with Crippen molar-refractivity contribution in [3.63, 3.8) is 0 Å². The van der Waals surface area contributed by atoms with Gasteiger partial charge in [-0.1, -0.05) is 22.4 Å². The van der Waals surface area contributed by atoms with E-state index >= 15 is 0 Å². The van der Waals surface area contributed by atoms with E-state index in [2.05, 4.69) is 15.9 Å². The third-order valence-corrected chi connectivity index (χ3v) is 5.65. The van der Waals surface area contributed by atoms with Gasteiger partial charge in [-0.25, -0.2) is 8.78 Å². The molecule has 0 saturated heterocycles. The van der Waals surface area contributed by atoms with Crippen molar-refractivity contribution in [1.29, 1.82) is 0 Å². The molecular formula is C16H20BrF2N. The number of anilines is 1. The molecule has 1 nitrogen and oxygen atoms in total. The zero-order chi connectivity index (χ0) is 14.3. The van der Waals surface area contributed by atoms with Crippen LogP contribution in [0, 0.1) is 29.4 Å². The lowest BCUT2D eigenvalue weighted by Gasteiger charge is -2.29. The van der Waals surface area contributed by atoms with Crippen LogP contribution in [0.25, 0.3) is 0 Å². The molecule has 2 saturated carbocycles. The molecule has 0 radical (unpaired) electrons. The van der Waals surface area contributed by atoms with Gasteiger partial charge < -0.3 is 4.90 Å². The Hall–Kier alpha value is -0.640. The monoisotopic (exact) mass is 343 g/mol. The smallest absolute Gasteiger partial charge is 0.149 e. The lowest BCUT2D eigenvalue weighted by atomic mass is 9.88. The predicted molar refractivity (Wildman–Crippen MR) is 81.2 cm³/mol. The second kappa shape index (κ2) is 5.63. The SMILES string of the molecule is CN(CC1CC2CCC1C2)c1c(F)cc(CBr)cc1F. The maximum absolute atomic E-state index is 14.1. The Morgan fingerprint density at radius 3 is 2.40 bits per heavy atom. The summed E-state index contributed by atoms with van der Waals surface area (Å²) >= 11 is 3.23. The first-order chi connectivity index (χ1) is 9.58. The summed E-state index contributed by atoms with van der Waals surface area (Å²) in [6.07, 6.45) is 5.22. The predicted octanol–water partition coefficient (Wildman–Crippen LogP) is 4.73. The van der Waals surface area contributed by atoms with Crippen molar-refractivity contribution in [1.82, 2.24) is 0 Å². The fraction of sp³-hybridized carbons (Fsp3) is 0.625. The molecule has 0 spiro atoms. The fourth-order valence-electron chi connectivity index (χ4n) is 4.10. The summed E-state index contributed by atoms with van der Waals surface area (Å²) in [6, 6.07) is 2.84. The summed E-state index contributed by atoms with van der Waals surface area (Å²) in [5.41, 5.74) is 0.759. The zero-order valence-corrected chi connectivity index (χ0v) is 13.3. The highest BCUT2D eigenvalue weighted by Crippen LogP contribution is 2.48. The number of hydrogen-bond donors (Lipinski definition) is 0. The molecular weight excluding hydrogens is 324 g/mol. The number of hydrogen-bond acceptors (Lipinski definition) is 1. The molecule has 3 rings (SSSR count). The normalized spacial score (nSPS) is 28.1. The Bertz CT molecular complexity index is 482. The summed E-state index contributed by atoms with van der Waals surface area (Å²) < 4.78 is 28.2. The second-order valence-corrected chi connectivity index (χ2v) is 6.92. The Labute approximate surface area is 127 Å². The van der Waals surface area contributed by atoms with E-state index in [-0.39, 0.29) is 5.69 Å². The molecule has 0 aromatic heterocycles. The fourth-order valence-corrected chi connectivity index (χ4v) is 4.43. The first-order valence-electron chi connectivity index (χ1n) is 7.33. The molecule has 0 heterocycles. The molecule has 0 amide bonds. The zero-order valence-electron chi connectivity index (χ0n) is 11.7. The van der Waals surface area contributed by atoms with Gasteiger partial charge in [-0.3, -0.25) is 0 Å². The molecule has 0 N–H and O–H groups in total. The number of benzene rings is 1. The topological polar surface area (TPSA) is 3.24 Å². The van der Waals surface area contributed by atoms with Gasteiger partial charge in [0.2, 0.25) is 0 Å². The quantitative estimate of drug-likeness (QED) is 0.714. The Kier molecular flexibility index (Phi) is 4.02. The summed E-state index contributed by atoms with van der Waals surface area (Å²) in [4.78, 5) is 1.77. The van der Waals surface area contributed by atoms with Crippen LogP contribution in [0.2, 0.25) is 0 Å². The third kappa shape index (κ3) is 2.59. The van der Waals surface area contributed by atoms with Crippen molar-refractivity contribution in [2.24, 2.45) is 17.8 Å². The minimum Gasteiger partial charge on any atom is -0.370 e. The van der Waals surface area contributed by atoms with Gasteiger partial charge in [-0.05, 0) is 54.7 Å². The average Bonchev–Trinajstić information content (AvgIpc) is 2.99. The van der Waals surface area contributed by atoms with E-state index in [1.165, 1.54) is 37.8 Å². The molecule has 20 heavy (non-hydrogen) atoms. The van der Waals surface area contributed by atoms with Crippen molar-refractivity contribution >= 4 is 21.6 Å². The molecule has 2 aliphatic carbocycles. The molecule has 2 fully saturated rings. The molecule has 3 unspecified atom stereocenters. The van der Waals surface area contributed by atoms with Gasteiger partial charge in [0.15, 0.2) is 0 Å². The highest BCUT2D eigenvalue weighted by atomic mass is 79.9. The molecule has 0 aliphatic heterocycles. The lowest BCUT2D eigenvalue weighted by Crippen LogP contribution is -2.30. The number of rotatable bonds is 4. The lowest BCUT2D eigenvalue weighted by molar-refractivity contribution is 0.336. The molecule has 2 aliphatic rings. The van der Waals surface area contributed by atoms with Gasteiger partial charge in [0, 0.05) is 18.9 Å².